The third-order valence-corrected chi connectivity index (χ3v) is 5.02. The van der Waals surface area contributed by atoms with E-state index in [4.69, 9.17) is 4.74 Å². The molecule has 1 aromatic rings. The zero-order valence-electron chi connectivity index (χ0n) is 15.7. The van der Waals surface area contributed by atoms with Crippen LogP contribution in [0.3, 0.4) is 0 Å². The van der Waals surface area contributed by atoms with Gasteiger partial charge in [0, 0.05) is 11.0 Å². The fraction of sp³-hybridized carbons (Fsp3) is 0.650. The number of hydrogen-bond donors (Lipinski definition) is 1. The Labute approximate surface area is 160 Å². The minimum absolute atomic E-state index is 0.301. The third kappa shape index (κ3) is 8.23. The van der Waals surface area contributed by atoms with Crippen molar-refractivity contribution in [3.8, 4) is 0 Å². The van der Waals surface area contributed by atoms with E-state index < -0.39 is 5.60 Å². The summed E-state index contributed by atoms with van der Waals surface area (Å²) in [6.45, 7) is 9.80. The summed E-state index contributed by atoms with van der Waals surface area (Å²) in [5.41, 5.74) is 0.974. The van der Waals surface area contributed by atoms with Crippen molar-refractivity contribution >= 4 is 22.0 Å². The number of likely N-dealkylation sites (tertiary alicyclic amines) is 1. The van der Waals surface area contributed by atoms with E-state index in [0.717, 1.165) is 49.9 Å². The van der Waals surface area contributed by atoms with E-state index in [1.807, 2.05) is 20.8 Å². The van der Waals surface area contributed by atoms with Gasteiger partial charge in [-0.3, -0.25) is 0 Å². The summed E-state index contributed by atoms with van der Waals surface area (Å²) in [7, 11) is 0. The molecule has 1 fully saturated rings. The number of hydrogen-bond acceptors (Lipinski definition) is 3. The zero-order chi connectivity index (χ0) is 18.3. The molecule has 0 radical (unpaired) electrons. The summed E-state index contributed by atoms with van der Waals surface area (Å²) >= 11 is 3.48. The van der Waals surface area contributed by atoms with Crippen molar-refractivity contribution in [2.75, 3.05) is 26.2 Å². The van der Waals surface area contributed by atoms with Crippen LogP contribution in [0.4, 0.5) is 4.79 Å². The fourth-order valence-electron chi connectivity index (χ4n) is 3.11. The first-order valence-electron chi connectivity index (χ1n) is 9.25. The summed E-state index contributed by atoms with van der Waals surface area (Å²) in [5.74, 6) is 0.565. The van der Waals surface area contributed by atoms with Gasteiger partial charge in [0.05, 0.1) is 0 Å². The highest BCUT2D eigenvalue weighted by Gasteiger charge is 2.21. The third-order valence-electron chi connectivity index (χ3n) is 4.49. The lowest BCUT2D eigenvalue weighted by atomic mass is 9.96. The van der Waals surface area contributed by atoms with Gasteiger partial charge in [-0.15, -0.1) is 0 Å². The average Bonchev–Trinajstić information content (AvgIpc) is 2.54. The normalized spacial score (nSPS) is 16.6. The van der Waals surface area contributed by atoms with Crippen molar-refractivity contribution in [2.45, 2.75) is 52.1 Å². The van der Waals surface area contributed by atoms with Gasteiger partial charge in [0.2, 0.25) is 0 Å². The number of ether oxygens (including phenoxy) is 1. The predicted octanol–water partition coefficient (Wildman–Crippen LogP) is 4.62. The molecule has 1 saturated heterocycles. The maximum absolute atomic E-state index is 11.7. The van der Waals surface area contributed by atoms with Crippen LogP contribution >= 0.6 is 15.9 Å². The van der Waals surface area contributed by atoms with Crippen LogP contribution in [-0.2, 0) is 11.2 Å². The minimum atomic E-state index is -0.428. The first-order valence-corrected chi connectivity index (χ1v) is 10.0. The number of piperidine rings is 1. The molecule has 1 aliphatic heterocycles. The Balaban J connectivity index is 1.58. The Morgan fingerprint density at radius 1 is 1.24 bits per heavy atom. The molecule has 0 atom stereocenters. The second-order valence-corrected chi connectivity index (χ2v) is 8.81. The van der Waals surface area contributed by atoms with E-state index in [-0.39, 0.29) is 6.09 Å². The summed E-state index contributed by atoms with van der Waals surface area (Å²) in [5, 5.41) is 2.91. The molecule has 0 bridgehead atoms. The molecule has 1 aromatic carbocycles. The summed E-state index contributed by atoms with van der Waals surface area (Å²) in [6.07, 6.45) is 4.32. The van der Waals surface area contributed by atoms with E-state index in [1.165, 1.54) is 12.0 Å². The van der Waals surface area contributed by atoms with Crippen LogP contribution in [0.5, 0.6) is 0 Å². The van der Waals surface area contributed by atoms with Gasteiger partial charge >= 0.3 is 6.09 Å². The maximum Gasteiger partial charge on any atom is 0.407 e. The molecule has 140 valence electrons. The molecule has 1 N–H and O–H groups in total. The van der Waals surface area contributed by atoms with E-state index in [2.05, 4.69) is 50.4 Å². The second-order valence-electron chi connectivity index (χ2n) is 7.90. The number of nitrogens with zero attached hydrogens (tertiary/aromatic N) is 1. The lowest BCUT2D eigenvalue weighted by Gasteiger charge is -2.32. The van der Waals surface area contributed by atoms with Gasteiger partial charge in [-0.2, -0.15) is 0 Å². The highest BCUT2D eigenvalue weighted by Crippen LogP contribution is 2.18. The van der Waals surface area contributed by atoms with Gasteiger partial charge in [0.25, 0.3) is 0 Å². The van der Waals surface area contributed by atoms with Gasteiger partial charge in [-0.05, 0) is 89.7 Å². The van der Waals surface area contributed by atoms with Gasteiger partial charge in [0.15, 0.2) is 0 Å². The quantitative estimate of drug-likeness (QED) is 0.743. The predicted molar refractivity (Wildman–Crippen MR) is 106 cm³/mol. The first-order chi connectivity index (χ1) is 11.8. The SMILES string of the molecule is CC(C)(C)OC(=O)NCC1CCN(CCCc2ccc(Br)cc2)CC1. The van der Waals surface area contributed by atoms with Gasteiger partial charge in [0.1, 0.15) is 5.60 Å². The molecular formula is C20H31BrN2O2. The Morgan fingerprint density at radius 3 is 2.48 bits per heavy atom. The molecular weight excluding hydrogens is 380 g/mol. The molecule has 0 aromatic heterocycles. The molecule has 0 spiro atoms. The monoisotopic (exact) mass is 410 g/mol. The van der Waals surface area contributed by atoms with Crippen molar-refractivity contribution in [1.29, 1.82) is 0 Å². The number of halogens is 1. The van der Waals surface area contributed by atoms with Gasteiger partial charge in [-0.25, -0.2) is 4.79 Å². The van der Waals surface area contributed by atoms with Gasteiger partial charge < -0.3 is 15.0 Å². The second kappa shape index (κ2) is 9.58. The molecule has 4 nitrogen and oxygen atoms in total. The van der Waals surface area contributed by atoms with Gasteiger partial charge in [-0.1, -0.05) is 28.1 Å². The molecule has 5 heteroatoms. The first kappa shape index (κ1) is 20.2. The Bertz CT molecular complexity index is 532. The highest BCUT2D eigenvalue weighted by atomic mass is 79.9. The standard InChI is InChI=1S/C20H31BrN2O2/c1-20(2,3)25-19(24)22-15-17-10-13-23(14-11-17)12-4-5-16-6-8-18(21)9-7-16/h6-9,17H,4-5,10-15H2,1-3H3,(H,22,24). The smallest absolute Gasteiger partial charge is 0.407 e. The molecule has 0 unspecified atom stereocenters. The molecule has 1 heterocycles. The van der Waals surface area contributed by atoms with E-state index in [1.54, 1.807) is 0 Å². The number of carbonyl (C=O) groups excluding carboxylic acids is 1. The van der Waals surface area contributed by atoms with Crippen LogP contribution < -0.4 is 5.32 Å². The van der Waals surface area contributed by atoms with Crippen molar-refractivity contribution < 1.29 is 9.53 Å². The van der Waals surface area contributed by atoms with E-state index >= 15 is 0 Å². The molecule has 0 aliphatic carbocycles. The topological polar surface area (TPSA) is 41.6 Å². The van der Waals surface area contributed by atoms with Crippen molar-refractivity contribution in [1.82, 2.24) is 10.2 Å². The molecule has 0 saturated carbocycles. The fourth-order valence-corrected chi connectivity index (χ4v) is 3.38. The molecule has 1 aliphatic rings. The number of nitrogens with one attached hydrogen (secondary N) is 1. The van der Waals surface area contributed by atoms with E-state index in [0.29, 0.717) is 5.92 Å². The number of rotatable bonds is 6. The van der Waals surface area contributed by atoms with Crippen LogP contribution in [0.25, 0.3) is 0 Å². The maximum atomic E-state index is 11.7. The Hall–Kier alpha value is -1.07. The Morgan fingerprint density at radius 2 is 1.88 bits per heavy atom. The molecule has 25 heavy (non-hydrogen) atoms. The van der Waals surface area contributed by atoms with E-state index in [9.17, 15) is 4.79 Å². The van der Waals surface area contributed by atoms with Crippen LogP contribution in [0.15, 0.2) is 28.7 Å². The highest BCUT2D eigenvalue weighted by molar-refractivity contribution is 9.10. The number of carbonyl (C=O) groups is 1. The van der Waals surface area contributed by atoms with Crippen LogP contribution in [0.1, 0.15) is 45.6 Å². The van der Waals surface area contributed by atoms with Crippen LogP contribution in [-0.4, -0.2) is 42.8 Å². The lowest BCUT2D eigenvalue weighted by Crippen LogP contribution is -2.40. The zero-order valence-corrected chi connectivity index (χ0v) is 17.3. The van der Waals surface area contributed by atoms with Crippen molar-refractivity contribution in [3.63, 3.8) is 0 Å². The number of alkyl carbamates (subject to hydrolysis) is 1. The van der Waals surface area contributed by atoms with Crippen molar-refractivity contribution in [2.24, 2.45) is 5.92 Å². The summed E-state index contributed by atoms with van der Waals surface area (Å²) < 4.78 is 6.43. The number of benzene rings is 1. The summed E-state index contributed by atoms with van der Waals surface area (Å²) in [6, 6.07) is 8.61. The molecule has 2 rings (SSSR count). The number of amides is 1. The largest absolute Gasteiger partial charge is 0.444 e. The summed E-state index contributed by atoms with van der Waals surface area (Å²) in [4.78, 5) is 14.3. The number of aryl methyl sites for hydroxylation is 1. The van der Waals surface area contributed by atoms with Crippen LogP contribution in [0.2, 0.25) is 0 Å². The average molecular weight is 411 g/mol. The van der Waals surface area contributed by atoms with Crippen LogP contribution in [0, 0.1) is 5.92 Å². The lowest BCUT2D eigenvalue weighted by molar-refractivity contribution is 0.0510. The van der Waals surface area contributed by atoms with Crippen molar-refractivity contribution in [3.05, 3.63) is 34.3 Å². The minimum Gasteiger partial charge on any atom is -0.444 e. The Kier molecular flexibility index (Phi) is 7.76. The molecule has 1 amide bonds.